The van der Waals surface area contributed by atoms with Crippen molar-refractivity contribution in [3.63, 3.8) is 0 Å². The number of nitrogens with one attached hydrogen (secondary N) is 1. The molecule has 1 heterocycles. The lowest BCUT2D eigenvalue weighted by molar-refractivity contribution is -0.136. The van der Waals surface area contributed by atoms with E-state index >= 15 is 0 Å². The summed E-state index contributed by atoms with van der Waals surface area (Å²) in [6.45, 7) is 1.96. The Labute approximate surface area is 140 Å². The molecule has 24 heavy (non-hydrogen) atoms. The summed E-state index contributed by atoms with van der Waals surface area (Å²) in [6.07, 6.45) is -4.55. The summed E-state index contributed by atoms with van der Waals surface area (Å²) in [5.41, 5.74) is -1.86. The number of aromatic nitrogens is 1. The molecule has 128 valence electrons. The largest absolute Gasteiger partial charge is 0.418 e. The van der Waals surface area contributed by atoms with E-state index < -0.39 is 17.3 Å². The maximum atomic E-state index is 13.1. The number of hydrogen-bond acceptors (Lipinski definition) is 5. The third kappa shape index (κ3) is 3.60. The fourth-order valence-electron chi connectivity index (χ4n) is 2.14. The Morgan fingerprint density at radius 3 is 2.67 bits per heavy atom. The van der Waals surface area contributed by atoms with E-state index in [2.05, 4.69) is 5.32 Å². The molecule has 0 fully saturated rings. The van der Waals surface area contributed by atoms with E-state index in [0.29, 0.717) is 0 Å². The van der Waals surface area contributed by atoms with E-state index in [0.717, 1.165) is 17.6 Å². The molecule has 0 aliphatic rings. The summed E-state index contributed by atoms with van der Waals surface area (Å²) in [6, 6.07) is 6.30. The van der Waals surface area contributed by atoms with Crippen LogP contribution in [-0.2, 0) is 10.9 Å². The summed E-state index contributed by atoms with van der Waals surface area (Å²) in [5.74, 6) is 0. The Morgan fingerprint density at radius 2 is 2.08 bits per heavy atom. The average molecular weight is 357 g/mol. The second kappa shape index (κ2) is 7.07. The number of alkyl halides is 3. The lowest BCUT2D eigenvalue weighted by Crippen LogP contribution is -2.21. The van der Waals surface area contributed by atoms with Crippen molar-refractivity contribution in [1.82, 2.24) is 3.96 Å². The molecule has 2 aromatic rings. The van der Waals surface area contributed by atoms with Crippen LogP contribution in [0.2, 0.25) is 0 Å². The van der Waals surface area contributed by atoms with Crippen LogP contribution >= 0.6 is 11.5 Å². The number of ether oxygens (including phenoxy) is 1. The third-order valence-corrected chi connectivity index (χ3v) is 4.44. The van der Waals surface area contributed by atoms with Crippen LogP contribution in [0, 0.1) is 11.3 Å². The normalized spacial score (nSPS) is 12.7. The van der Waals surface area contributed by atoms with Crippen LogP contribution in [0.25, 0.3) is 0 Å². The average Bonchev–Trinajstić information content (AvgIpc) is 2.83. The van der Waals surface area contributed by atoms with Crippen molar-refractivity contribution in [2.75, 3.05) is 19.0 Å². The zero-order valence-electron chi connectivity index (χ0n) is 12.8. The molecule has 0 radical (unpaired) electrons. The minimum Gasteiger partial charge on any atom is -0.383 e. The quantitative estimate of drug-likeness (QED) is 0.885. The van der Waals surface area contributed by atoms with Gasteiger partial charge in [0.05, 0.1) is 23.9 Å². The highest BCUT2D eigenvalue weighted by Crippen LogP contribution is 2.37. The summed E-state index contributed by atoms with van der Waals surface area (Å²) in [4.78, 5) is 12.2. The first-order valence-corrected chi connectivity index (χ1v) is 7.65. The lowest BCUT2D eigenvalue weighted by Gasteiger charge is -2.13. The fourth-order valence-corrected chi connectivity index (χ4v) is 3.13. The van der Waals surface area contributed by atoms with Crippen LogP contribution in [0.3, 0.4) is 0 Å². The molecular formula is C15H14F3N3O2S. The minimum absolute atomic E-state index is 0.0714. The molecule has 0 bridgehead atoms. The first kappa shape index (κ1) is 18.0. The van der Waals surface area contributed by atoms with Gasteiger partial charge in [0.15, 0.2) is 5.56 Å². The Morgan fingerprint density at radius 1 is 1.42 bits per heavy atom. The van der Waals surface area contributed by atoms with E-state index in [1.54, 1.807) is 13.0 Å². The SMILES string of the molecule is COC[C@H](C)n1sc(Nc2ccccc2C(F)(F)F)c(C#N)c1=O. The maximum absolute atomic E-state index is 13.1. The van der Waals surface area contributed by atoms with E-state index in [1.807, 2.05) is 0 Å². The van der Waals surface area contributed by atoms with Crippen LogP contribution < -0.4 is 10.9 Å². The van der Waals surface area contributed by atoms with Crippen molar-refractivity contribution in [2.24, 2.45) is 0 Å². The summed E-state index contributed by atoms with van der Waals surface area (Å²) < 4.78 is 45.5. The van der Waals surface area contributed by atoms with Gasteiger partial charge in [0, 0.05) is 7.11 Å². The highest BCUT2D eigenvalue weighted by atomic mass is 32.1. The highest BCUT2D eigenvalue weighted by Gasteiger charge is 2.33. The molecule has 0 unspecified atom stereocenters. The van der Waals surface area contributed by atoms with Gasteiger partial charge in [0.25, 0.3) is 5.56 Å². The van der Waals surface area contributed by atoms with Gasteiger partial charge in [0.2, 0.25) is 0 Å². The smallest absolute Gasteiger partial charge is 0.383 e. The van der Waals surface area contributed by atoms with Crippen molar-refractivity contribution >= 4 is 22.2 Å². The number of nitriles is 1. The van der Waals surface area contributed by atoms with E-state index in [-0.39, 0.29) is 28.9 Å². The Kier molecular flexibility index (Phi) is 5.31. The molecule has 5 nitrogen and oxygen atoms in total. The Balaban J connectivity index is 2.47. The summed E-state index contributed by atoms with van der Waals surface area (Å²) in [5, 5.41) is 11.8. The van der Waals surface area contributed by atoms with Gasteiger partial charge in [-0.05, 0) is 30.6 Å². The molecule has 0 saturated heterocycles. The van der Waals surface area contributed by atoms with Gasteiger partial charge in [-0.1, -0.05) is 12.1 Å². The highest BCUT2D eigenvalue weighted by molar-refractivity contribution is 7.11. The zero-order chi connectivity index (χ0) is 17.9. The molecular weight excluding hydrogens is 343 g/mol. The molecule has 0 spiro atoms. The number of halogens is 3. The first-order chi connectivity index (χ1) is 11.3. The number of methoxy groups -OCH3 is 1. The van der Waals surface area contributed by atoms with Crippen LogP contribution in [-0.4, -0.2) is 17.7 Å². The van der Waals surface area contributed by atoms with Crippen LogP contribution in [0.1, 0.15) is 24.1 Å². The molecule has 0 aliphatic carbocycles. The zero-order valence-corrected chi connectivity index (χ0v) is 13.7. The fraction of sp³-hybridized carbons (Fsp3) is 0.333. The summed E-state index contributed by atoms with van der Waals surface area (Å²) >= 11 is 0.896. The number of para-hydroxylation sites is 1. The molecule has 0 saturated carbocycles. The maximum Gasteiger partial charge on any atom is 0.418 e. The minimum atomic E-state index is -4.55. The standard InChI is InChI=1S/C15H14F3N3O2S/c1-9(8-23-2)21-14(22)10(7-19)13(24-21)20-12-6-4-3-5-11(12)15(16,17)18/h3-6,9,20H,8H2,1-2H3/t9-/m0/s1. The number of hydrogen-bond donors (Lipinski definition) is 1. The van der Waals surface area contributed by atoms with Gasteiger partial charge in [-0.15, -0.1) is 0 Å². The molecule has 2 rings (SSSR count). The van der Waals surface area contributed by atoms with Crippen molar-refractivity contribution in [3.05, 3.63) is 45.7 Å². The van der Waals surface area contributed by atoms with Gasteiger partial charge >= 0.3 is 6.18 Å². The molecule has 1 aromatic carbocycles. The van der Waals surface area contributed by atoms with Crippen LogP contribution in [0.5, 0.6) is 0 Å². The monoisotopic (exact) mass is 357 g/mol. The molecule has 1 N–H and O–H groups in total. The first-order valence-electron chi connectivity index (χ1n) is 6.87. The van der Waals surface area contributed by atoms with E-state index in [4.69, 9.17) is 4.74 Å². The number of anilines is 2. The predicted octanol–water partition coefficient (Wildman–Crippen LogP) is 3.75. The van der Waals surface area contributed by atoms with Crippen molar-refractivity contribution in [3.8, 4) is 6.07 Å². The van der Waals surface area contributed by atoms with Gasteiger partial charge in [-0.2, -0.15) is 18.4 Å². The van der Waals surface area contributed by atoms with Crippen molar-refractivity contribution < 1.29 is 17.9 Å². The number of benzene rings is 1. The second-order valence-electron chi connectivity index (χ2n) is 5.01. The van der Waals surface area contributed by atoms with Crippen LogP contribution in [0.4, 0.5) is 23.9 Å². The molecule has 9 heteroatoms. The van der Waals surface area contributed by atoms with Gasteiger partial charge in [0.1, 0.15) is 11.1 Å². The lowest BCUT2D eigenvalue weighted by atomic mass is 10.1. The second-order valence-corrected chi connectivity index (χ2v) is 6.00. The molecule has 0 aliphatic heterocycles. The van der Waals surface area contributed by atoms with Gasteiger partial charge in [-0.3, -0.25) is 8.75 Å². The Bertz CT molecular complexity index is 821. The molecule has 1 atom stereocenters. The topological polar surface area (TPSA) is 67.0 Å². The third-order valence-electron chi connectivity index (χ3n) is 3.23. The van der Waals surface area contributed by atoms with Crippen molar-refractivity contribution in [1.29, 1.82) is 5.26 Å². The number of rotatable bonds is 5. The molecule has 1 aromatic heterocycles. The van der Waals surface area contributed by atoms with E-state index in [1.165, 1.54) is 29.3 Å². The predicted molar refractivity (Wildman–Crippen MR) is 84.6 cm³/mol. The van der Waals surface area contributed by atoms with E-state index in [9.17, 15) is 23.2 Å². The number of nitrogens with zero attached hydrogens (tertiary/aromatic N) is 2. The van der Waals surface area contributed by atoms with Crippen LogP contribution in [0.15, 0.2) is 29.1 Å². The Hall–Kier alpha value is -2.31. The van der Waals surface area contributed by atoms with Gasteiger partial charge in [-0.25, -0.2) is 0 Å². The van der Waals surface area contributed by atoms with Crippen molar-refractivity contribution in [2.45, 2.75) is 19.1 Å². The summed E-state index contributed by atoms with van der Waals surface area (Å²) in [7, 11) is 1.47. The van der Waals surface area contributed by atoms with Gasteiger partial charge < -0.3 is 10.1 Å². The molecule has 0 amide bonds.